The molecule has 0 saturated heterocycles. The third kappa shape index (κ3) is 4.63. The number of aryl methyl sites for hydroxylation is 2. The Bertz CT molecular complexity index is 1220. The molecule has 4 nitrogen and oxygen atoms in total. The number of ether oxygens (including phenoxy) is 2. The number of hydrogen-bond donors (Lipinski definition) is 2. The Kier molecular flexibility index (Phi) is 7.16. The molecule has 178 valence electrons. The first-order valence-corrected chi connectivity index (χ1v) is 12.2. The molecule has 0 unspecified atom stereocenters. The minimum absolute atomic E-state index is 0.128. The lowest BCUT2D eigenvalue weighted by Gasteiger charge is -2.18. The molecule has 0 heterocycles. The van der Waals surface area contributed by atoms with Crippen molar-refractivity contribution in [2.24, 2.45) is 0 Å². The summed E-state index contributed by atoms with van der Waals surface area (Å²) in [6.45, 7) is 9.44. The number of aromatic hydroxyl groups is 2. The molecule has 0 aliphatic heterocycles. The summed E-state index contributed by atoms with van der Waals surface area (Å²) in [4.78, 5) is 0. The number of phenolic OH excluding ortho intramolecular Hbond substituents is 2. The maximum absolute atomic E-state index is 11.4. The van der Waals surface area contributed by atoms with Crippen molar-refractivity contribution in [3.8, 4) is 34.1 Å². The van der Waals surface area contributed by atoms with Gasteiger partial charge in [0, 0.05) is 32.7 Å². The van der Waals surface area contributed by atoms with Crippen LogP contribution in [0.25, 0.3) is 32.7 Å². The molecule has 0 saturated carbocycles. The quantitative estimate of drug-likeness (QED) is 0.249. The molecular formula is C30H34O4. The Labute approximate surface area is 201 Å². The summed E-state index contributed by atoms with van der Waals surface area (Å²) in [5.41, 5.74) is 3.15. The van der Waals surface area contributed by atoms with E-state index in [1.807, 2.05) is 62.4 Å². The zero-order valence-corrected chi connectivity index (χ0v) is 20.6. The summed E-state index contributed by atoms with van der Waals surface area (Å²) in [6, 6.07) is 15.6. The molecule has 0 fully saturated rings. The van der Waals surface area contributed by atoms with Crippen molar-refractivity contribution in [3.05, 3.63) is 59.7 Å². The number of phenols is 2. The maximum Gasteiger partial charge on any atom is 0.131 e. The van der Waals surface area contributed by atoms with E-state index in [1.54, 1.807) is 0 Å². The molecule has 34 heavy (non-hydrogen) atoms. The fraction of sp³-hybridized carbons (Fsp3) is 0.333. The molecular weight excluding hydrogens is 424 g/mol. The molecule has 0 aliphatic rings. The van der Waals surface area contributed by atoms with Gasteiger partial charge < -0.3 is 19.7 Å². The highest BCUT2D eigenvalue weighted by molar-refractivity contribution is 6.04. The Morgan fingerprint density at radius 2 is 1.00 bits per heavy atom. The van der Waals surface area contributed by atoms with Crippen LogP contribution >= 0.6 is 0 Å². The summed E-state index contributed by atoms with van der Waals surface area (Å²) in [6.07, 6.45) is 3.95. The van der Waals surface area contributed by atoms with Crippen molar-refractivity contribution in [1.82, 2.24) is 0 Å². The number of rotatable bonds is 9. The van der Waals surface area contributed by atoms with Gasteiger partial charge in [0.25, 0.3) is 0 Å². The smallest absolute Gasteiger partial charge is 0.131 e. The molecule has 4 heteroatoms. The summed E-state index contributed by atoms with van der Waals surface area (Å²) in [5, 5.41) is 25.9. The van der Waals surface area contributed by atoms with Crippen molar-refractivity contribution >= 4 is 21.5 Å². The second-order valence-corrected chi connectivity index (χ2v) is 9.04. The first-order chi connectivity index (χ1) is 16.4. The molecule has 4 aromatic rings. The van der Waals surface area contributed by atoms with Gasteiger partial charge in [-0.15, -0.1) is 0 Å². The average molecular weight is 459 g/mol. The van der Waals surface area contributed by atoms with E-state index in [9.17, 15) is 10.2 Å². The first-order valence-electron chi connectivity index (χ1n) is 12.2. The van der Waals surface area contributed by atoms with Crippen LogP contribution in [0.1, 0.15) is 50.7 Å². The number of fused-ring (bicyclic) bond motifs is 2. The van der Waals surface area contributed by atoms with E-state index in [4.69, 9.17) is 9.47 Å². The standard InChI is InChI=1S/C30H34O4/c1-5-7-13-33-27-17-25(29(31)23-15-19(3)9-11-21(23)27)26-18-28(34-14-8-6-2)22-12-10-20(4)16-24(22)30(26)32/h9-12,15-18,31-32H,5-8,13-14H2,1-4H3. The van der Waals surface area contributed by atoms with Crippen LogP contribution < -0.4 is 9.47 Å². The molecule has 0 atom stereocenters. The van der Waals surface area contributed by atoms with Crippen molar-refractivity contribution in [1.29, 1.82) is 0 Å². The minimum atomic E-state index is 0.128. The van der Waals surface area contributed by atoms with Crippen molar-refractivity contribution in [3.63, 3.8) is 0 Å². The molecule has 2 N–H and O–H groups in total. The summed E-state index contributed by atoms with van der Waals surface area (Å²) >= 11 is 0. The first kappa shape index (κ1) is 23.7. The van der Waals surface area contributed by atoms with Gasteiger partial charge in [-0.25, -0.2) is 0 Å². The highest BCUT2D eigenvalue weighted by Gasteiger charge is 2.20. The van der Waals surface area contributed by atoms with Crippen LogP contribution in [-0.2, 0) is 0 Å². The highest BCUT2D eigenvalue weighted by atomic mass is 16.5. The van der Waals surface area contributed by atoms with Crippen LogP contribution in [-0.4, -0.2) is 23.4 Å². The molecule has 0 aromatic heterocycles. The molecule has 0 aliphatic carbocycles. The van der Waals surface area contributed by atoms with Crippen LogP contribution in [0.5, 0.6) is 23.0 Å². The lowest BCUT2D eigenvalue weighted by Crippen LogP contribution is -1.99. The van der Waals surface area contributed by atoms with Crippen molar-refractivity contribution < 1.29 is 19.7 Å². The predicted octanol–water partition coefficient (Wildman–Crippen LogP) is 8.05. The molecule has 0 bridgehead atoms. The van der Waals surface area contributed by atoms with Gasteiger partial charge in [-0.05, 0) is 51.0 Å². The SMILES string of the molecule is CCCCOc1cc(-c2cc(OCCCC)c3ccc(C)cc3c2O)c(O)c2cc(C)ccc12. The summed E-state index contributed by atoms with van der Waals surface area (Å²) in [5.74, 6) is 1.66. The van der Waals surface area contributed by atoms with Gasteiger partial charge in [-0.3, -0.25) is 0 Å². The zero-order valence-electron chi connectivity index (χ0n) is 20.6. The van der Waals surface area contributed by atoms with E-state index < -0.39 is 0 Å². The van der Waals surface area contributed by atoms with Gasteiger partial charge in [0.05, 0.1) is 13.2 Å². The van der Waals surface area contributed by atoms with E-state index in [0.29, 0.717) is 46.6 Å². The van der Waals surface area contributed by atoms with E-state index in [2.05, 4.69) is 13.8 Å². The monoisotopic (exact) mass is 458 g/mol. The maximum atomic E-state index is 11.4. The van der Waals surface area contributed by atoms with E-state index in [1.165, 1.54) is 0 Å². The fourth-order valence-corrected chi connectivity index (χ4v) is 4.28. The summed E-state index contributed by atoms with van der Waals surface area (Å²) in [7, 11) is 0. The van der Waals surface area contributed by atoms with Crippen LogP contribution in [0.3, 0.4) is 0 Å². The molecule has 4 aromatic carbocycles. The van der Waals surface area contributed by atoms with Crippen LogP contribution in [0.2, 0.25) is 0 Å². The van der Waals surface area contributed by atoms with Gasteiger partial charge in [0.15, 0.2) is 0 Å². The Balaban J connectivity index is 1.97. The third-order valence-corrected chi connectivity index (χ3v) is 6.25. The lowest BCUT2D eigenvalue weighted by molar-refractivity contribution is 0.312. The van der Waals surface area contributed by atoms with E-state index in [-0.39, 0.29) is 11.5 Å². The van der Waals surface area contributed by atoms with Gasteiger partial charge in [0.2, 0.25) is 0 Å². The molecule has 0 spiro atoms. The van der Waals surface area contributed by atoms with Crippen LogP contribution in [0.4, 0.5) is 0 Å². The van der Waals surface area contributed by atoms with E-state index >= 15 is 0 Å². The lowest BCUT2D eigenvalue weighted by atomic mass is 9.94. The third-order valence-electron chi connectivity index (χ3n) is 6.25. The van der Waals surface area contributed by atoms with Gasteiger partial charge in [-0.1, -0.05) is 62.1 Å². The minimum Gasteiger partial charge on any atom is -0.507 e. The largest absolute Gasteiger partial charge is 0.507 e. The number of unbranched alkanes of at least 4 members (excludes halogenated alkanes) is 2. The average Bonchev–Trinajstić information content (AvgIpc) is 2.82. The molecule has 4 rings (SSSR count). The van der Waals surface area contributed by atoms with Gasteiger partial charge >= 0.3 is 0 Å². The van der Waals surface area contributed by atoms with Crippen molar-refractivity contribution in [2.45, 2.75) is 53.4 Å². The topological polar surface area (TPSA) is 58.9 Å². The normalized spacial score (nSPS) is 11.3. The van der Waals surface area contributed by atoms with Crippen LogP contribution in [0, 0.1) is 13.8 Å². The van der Waals surface area contributed by atoms with Crippen LogP contribution in [0.15, 0.2) is 48.5 Å². The second-order valence-electron chi connectivity index (χ2n) is 9.04. The van der Waals surface area contributed by atoms with Gasteiger partial charge in [0.1, 0.15) is 23.0 Å². The number of benzene rings is 4. The Morgan fingerprint density at radius 3 is 1.38 bits per heavy atom. The second kappa shape index (κ2) is 10.3. The molecule has 0 radical (unpaired) electrons. The highest BCUT2D eigenvalue weighted by Crippen LogP contribution is 2.48. The predicted molar refractivity (Wildman–Crippen MR) is 140 cm³/mol. The summed E-state index contributed by atoms with van der Waals surface area (Å²) < 4.78 is 12.3. The Hall–Kier alpha value is -3.40. The molecule has 0 amide bonds. The zero-order chi connectivity index (χ0) is 24.2. The van der Waals surface area contributed by atoms with Crippen molar-refractivity contribution in [2.75, 3.05) is 13.2 Å². The van der Waals surface area contributed by atoms with Gasteiger partial charge in [-0.2, -0.15) is 0 Å². The fourth-order valence-electron chi connectivity index (χ4n) is 4.28. The number of hydrogen-bond acceptors (Lipinski definition) is 4. The van der Waals surface area contributed by atoms with E-state index in [0.717, 1.165) is 47.6 Å². The Morgan fingerprint density at radius 1 is 0.588 bits per heavy atom.